The van der Waals surface area contributed by atoms with Crippen LogP contribution in [0.4, 0.5) is 0 Å². The van der Waals surface area contributed by atoms with E-state index in [-0.39, 0.29) is 6.54 Å². The number of aldehydes is 1. The van der Waals surface area contributed by atoms with Gasteiger partial charge in [0.1, 0.15) is 18.0 Å². The predicted octanol–water partition coefficient (Wildman–Crippen LogP) is 5.63. The van der Waals surface area contributed by atoms with Crippen LogP contribution in [0.25, 0.3) is 0 Å². The molecule has 0 bridgehead atoms. The number of carbonyl (C=O) groups is 1. The fraction of sp³-hybridized carbons (Fsp3) is 0.435. The molecule has 5 nitrogen and oxygen atoms in total. The molecule has 0 aliphatic rings. The Hall–Kier alpha value is -2.69. The number of nitrogens with zero attached hydrogens (tertiary/aromatic N) is 1. The molecule has 0 fully saturated rings. The lowest BCUT2D eigenvalue weighted by Crippen LogP contribution is -2.05. The lowest BCUT2D eigenvalue weighted by molar-refractivity contribution is 0.111. The van der Waals surface area contributed by atoms with E-state index >= 15 is 0 Å². The van der Waals surface area contributed by atoms with Crippen LogP contribution >= 0.6 is 0 Å². The molecule has 0 atom stereocenters. The van der Waals surface area contributed by atoms with Crippen LogP contribution in [0.5, 0.6) is 11.5 Å². The Kier molecular flexibility index (Phi) is 8.18. The van der Waals surface area contributed by atoms with E-state index in [0.717, 1.165) is 59.1 Å². The summed E-state index contributed by atoms with van der Waals surface area (Å²) in [6.07, 6.45) is 3.56. The average Bonchev–Trinajstić information content (AvgIpc) is 2.64. The monoisotopic (exact) mass is 383 g/mol. The van der Waals surface area contributed by atoms with Gasteiger partial charge in [0.2, 0.25) is 0 Å². The van der Waals surface area contributed by atoms with E-state index in [1.807, 2.05) is 52.0 Å². The second-order valence-corrected chi connectivity index (χ2v) is 7.22. The molecule has 0 saturated heterocycles. The Morgan fingerprint density at radius 1 is 0.857 bits per heavy atom. The molecule has 0 amide bonds. The molecule has 150 valence electrons. The van der Waals surface area contributed by atoms with Gasteiger partial charge in [0, 0.05) is 5.56 Å². The van der Waals surface area contributed by atoms with Crippen molar-refractivity contribution >= 4 is 6.29 Å². The van der Waals surface area contributed by atoms with Gasteiger partial charge in [-0.1, -0.05) is 17.3 Å². The van der Waals surface area contributed by atoms with E-state index in [1.54, 1.807) is 0 Å². The third-order valence-corrected chi connectivity index (χ3v) is 4.67. The molecule has 2 aromatic carbocycles. The molecule has 0 aliphatic carbocycles. The van der Waals surface area contributed by atoms with Gasteiger partial charge in [0.05, 0.1) is 18.8 Å². The summed E-state index contributed by atoms with van der Waals surface area (Å²) in [7, 11) is 0. The third-order valence-electron chi connectivity index (χ3n) is 4.67. The first kappa shape index (κ1) is 21.6. The van der Waals surface area contributed by atoms with Crippen molar-refractivity contribution in [2.75, 3.05) is 13.2 Å². The summed E-state index contributed by atoms with van der Waals surface area (Å²) >= 11 is 0. The Morgan fingerprint density at radius 3 is 2.18 bits per heavy atom. The molecule has 0 unspecified atom stereocenters. The van der Waals surface area contributed by atoms with Crippen molar-refractivity contribution in [2.24, 2.45) is 5.18 Å². The number of aryl methyl sites for hydroxylation is 4. The summed E-state index contributed by atoms with van der Waals surface area (Å²) in [6, 6.07) is 7.85. The van der Waals surface area contributed by atoms with E-state index in [9.17, 15) is 9.70 Å². The molecule has 0 aliphatic heterocycles. The van der Waals surface area contributed by atoms with Crippen molar-refractivity contribution in [3.8, 4) is 11.5 Å². The number of ether oxygens (including phenoxy) is 2. The van der Waals surface area contributed by atoms with E-state index < -0.39 is 0 Å². The van der Waals surface area contributed by atoms with Crippen LogP contribution in [-0.4, -0.2) is 19.5 Å². The number of carbonyl (C=O) groups excluding carboxylic acids is 1. The van der Waals surface area contributed by atoms with E-state index in [4.69, 9.17) is 9.47 Å². The minimum absolute atomic E-state index is 0.129. The van der Waals surface area contributed by atoms with Crippen LogP contribution in [-0.2, 0) is 6.54 Å². The van der Waals surface area contributed by atoms with Crippen LogP contribution in [0, 0.1) is 32.6 Å². The van der Waals surface area contributed by atoms with Crippen molar-refractivity contribution < 1.29 is 14.3 Å². The molecule has 2 rings (SSSR count). The Bertz CT molecular complexity index is 830. The summed E-state index contributed by atoms with van der Waals surface area (Å²) in [6.45, 7) is 9.18. The molecule has 0 heterocycles. The van der Waals surface area contributed by atoms with Crippen LogP contribution in [0.15, 0.2) is 29.4 Å². The first-order chi connectivity index (χ1) is 13.5. The molecule has 2 aromatic rings. The van der Waals surface area contributed by atoms with Crippen molar-refractivity contribution in [1.29, 1.82) is 0 Å². The molecular formula is C23H29NO4. The van der Waals surface area contributed by atoms with Gasteiger partial charge in [0.25, 0.3) is 0 Å². The van der Waals surface area contributed by atoms with Gasteiger partial charge in [-0.05, 0) is 81.3 Å². The number of hydrogen-bond donors (Lipinski definition) is 0. The normalized spacial score (nSPS) is 10.6. The highest BCUT2D eigenvalue weighted by atomic mass is 16.5. The van der Waals surface area contributed by atoms with Crippen LogP contribution in [0.1, 0.15) is 57.4 Å². The molecule has 28 heavy (non-hydrogen) atoms. The highest BCUT2D eigenvalue weighted by molar-refractivity contribution is 5.80. The van der Waals surface area contributed by atoms with Gasteiger partial charge in [-0.25, -0.2) is 0 Å². The fourth-order valence-electron chi connectivity index (χ4n) is 3.36. The van der Waals surface area contributed by atoms with Gasteiger partial charge in [-0.3, -0.25) is 4.79 Å². The number of rotatable bonds is 11. The minimum Gasteiger partial charge on any atom is -0.493 e. The molecule has 5 heteroatoms. The lowest BCUT2D eigenvalue weighted by Gasteiger charge is -2.14. The van der Waals surface area contributed by atoms with Gasteiger partial charge >= 0.3 is 0 Å². The second-order valence-electron chi connectivity index (χ2n) is 7.22. The first-order valence-corrected chi connectivity index (χ1v) is 9.67. The molecule has 0 saturated carbocycles. The predicted molar refractivity (Wildman–Crippen MR) is 112 cm³/mol. The number of nitroso groups, excluding NO2 is 1. The van der Waals surface area contributed by atoms with E-state index in [1.165, 1.54) is 0 Å². The number of benzene rings is 2. The Labute approximate surface area is 167 Å². The van der Waals surface area contributed by atoms with Crippen molar-refractivity contribution in [1.82, 2.24) is 0 Å². The molecule has 0 spiro atoms. The van der Waals surface area contributed by atoms with Gasteiger partial charge in [0.15, 0.2) is 6.29 Å². The second kappa shape index (κ2) is 10.6. The summed E-state index contributed by atoms with van der Waals surface area (Å²) < 4.78 is 11.7. The lowest BCUT2D eigenvalue weighted by atomic mass is 10.0. The Morgan fingerprint density at radius 2 is 1.50 bits per heavy atom. The van der Waals surface area contributed by atoms with Crippen molar-refractivity contribution in [3.05, 3.63) is 62.6 Å². The maximum absolute atomic E-state index is 11.2. The van der Waals surface area contributed by atoms with E-state index in [0.29, 0.717) is 24.5 Å². The third kappa shape index (κ3) is 5.91. The largest absolute Gasteiger partial charge is 0.493 e. The van der Waals surface area contributed by atoms with Crippen molar-refractivity contribution in [3.63, 3.8) is 0 Å². The standard InChI is InChI=1S/C23H29NO4/c1-16-11-19(4)23(20(12-16)15-25)28-9-7-5-6-8-27-22-13-17(2)10-18(3)21(22)14-24-26/h10-13,15H,5-9,14H2,1-4H3. The minimum atomic E-state index is 0.129. The summed E-state index contributed by atoms with van der Waals surface area (Å²) in [4.78, 5) is 21.9. The van der Waals surface area contributed by atoms with Crippen LogP contribution < -0.4 is 9.47 Å². The van der Waals surface area contributed by atoms with E-state index in [2.05, 4.69) is 5.18 Å². The molecule has 0 aromatic heterocycles. The van der Waals surface area contributed by atoms with Crippen LogP contribution in [0.3, 0.4) is 0 Å². The van der Waals surface area contributed by atoms with Crippen LogP contribution in [0.2, 0.25) is 0 Å². The zero-order valence-corrected chi connectivity index (χ0v) is 17.2. The first-order valence-electron chi connectivity index (χ1n) is 9.67. The zero-order chi connectivity index (χ0) is 20.5. The summed E-state index contributed by atoms with van der Waals surface area (Å²) in [5.74, 6) is 1.43. The maximum Gasteiger partial charge on any atom is 0.153 e. The smallest absolute Gasteiger partial charge is 0.153 e. The number of unbranched alkanes of at least 4 members (excludes halogenated alkanes) is 2. The highest BCUT2D eigenvalue weighted by Crippen LogP contribution is 2.26. The average molecular weight is 383 g/mol. The summed E-state index contributed by atoms with van der Waals surface area (Å²) in [5, 5.41) is 3.01. The van der Waals surface area contributed by atoms with Gasteiger partial charge in [-0.2, -0.15) is 4.91 Å². The quantitative estimate of drug-likeness (QED) is 0.287. The fourth-order valence-corrected chi connectivity index (χ4v) is 3.36. The SMILES string of the molecule is Cc1cc(C)c(OCCCCCOc2cc(C)cc(C)c2CN=O)c(C=O)c1. The molecule has 0 radical (unpaired) electrons. The topological polar surface area (TPSA) is 65.0 Å². The van der Waals surface area contributed by atoms with Gasteiger partial charge < -0.3 is 9.47 Å². The Balaban J connectivity index is 1.78. The molecule has 0 N–H and O–H groups in total. The van der Waals surface area contributed by atoms with Gasteiger partial charge in [-0.15, -0.1) is 0 Å². The maximum atomic E-state index is 11.2. The molecular weight excluding hydrogens is 354 g/mol. The summed E-state index contributed by atoms with van der Waals surface area (Å²) in [5.41, 5.74) is 5.64. The number of hydrogen-bond acceptors (Lipinski definition) is 5. The zero-order valence-electron chi connectivity index (χ0n) is 17.2. The van der Waals surface area contributed by atoms with Crippen molar-refractivity contribution in [2.45, 2.75) is 53.5 Å². The highest BCUT2D eigenvalue weighted by Gasteiger charge is 2.10.